The van der Waals surface area contributed by atoms with E-state index in [0.717, 1.165) is 18.2 Å². The van der Waals surface area contributed by atoms with Gasteiger partial charge in [-0.1, -0.05) is 0 Å². The molecule has 1 aromatic carbocycles. The van der Waals surface area contributed by atoms with Crippen molar-refractivity contribution in [3.05, 3.63) is 29.8 Å². The quantitative estimate of drug-likeness (QED) is 0.603. The Morgan fingerprint density at radius 2 is 2.00 bits per heavy atom. The first-order chi connectivity index (χ1) is 5.24. The number of hydrogen-bond donors (Lipinski definition) is 0. The van der Waals surface area contributed by atoms with E-state index in [1.807, 2.05) is 0 Å². The van der Waals surface area contributed by atoms with Crippen LogP contribution in [0.25, 0.3) is 0 Å². The Morgan fingerprint density at radius 1 is 1.27 bits per heavy atom. The van der Waals surface area contributed by atoms with Crippen LogP contribution in [0.2, 0.25) is 0 Å². The standard InChI is InChI=1S/C6H3BF2O2/c8-5-2-1-4(11-7-10)3-6(5)9/h1-3H. The Balaban J connectivity index is 2.95. The number of halogens is 2. The molecule has 0 aliphatic rings. The van der Waals surface area contributed by atoms with Gasteiger partial charge in [0.1, 0.15) is 0 Å². The average Bonchev–Trinajstić information content (AvgIpc) is 1.98. The summed E-state index contributed by atoms with van der Waals surface area (Å²) in [7, 11) is 0.146. The maximum absolute atomic E-state index is 12.3. The van der Waals surface area contributed by atoms with Gasteiger partial charge in [0.25, 0.3) is 0 Å². The molecule has 0 fully saturated rings. The maximum atomic E-state index is 12.3. The molecule has 0 amide bonds. The van der Waals surface area contributed by atoms with Crippen LogP contribution in [0.3, 0.4) is 0 Å². The molecule has 0 heterocycles. The Morgan fingerprint density at radius 3 is 2.55 bits per heavy atom. The second-order valence-electron chi connectivity index (χ2n) is 1.79. The van der Waals surface area contributed by atoms with Gasteiger partial charge in [0.2, 0.25) is 0 Å². The summed E-state index contributed by atoms with van der Waals surface area (Å²) in [5.74, 6) is -2.02. The van der Waals surface area contributed by atoms with Gasteiger partial charge >= 0.3 is 61.1 Å². The molecule has 1 rings (SSSR count). The molecule has 0 aliphatic heterocycles. The molecule has 0 spiro atoms. The molecule has 2 nitrogen and oxygen atoms in total. The fourth-order valence-corrected chi connectivity index (χ4v) is 0.606. The predicted molar refractivity (Wildman–Crippen MR) is 33.4 cm³/mol. The molecule has 0 radical (unpaired) electrons. The van der Waals surface area contributed by atoms with Crippen LogP contribution in [-0.2, 0) is 4.70 Å². The van der Waals surface area contributed by atoms with Crippen LogP contribution in [0, 0.1) is 11.6 Å². The number of rotatable bonds is 2. The predicted octanol–water partition coefficient (Wildman–Crippen LogP) is 1.31. The number of hydrogen-bond acceptors (Lipinski definition) is 2. The SMILES string of the molecule is O=BOc1ccc(F)c(F)c1. The summed E-state index contributed by atoms with van der Waals surface area (Å²) in [6.07, 6.45) is 0. The van der Waals surface area contributed by atoms with Gasteiger partial charge in [0, 0.05) is 0 Å². The van der Waals surface area contributed by atoms with Gasteiger partial charge in [0.05, 0.1) is 0 Å². The molecule has 56 valence electrons. The molecule has 0 atom stereocenters. The molecular formula is C6H3BF2O2. The third-order valence-electron chi connectivity index (χ3n) is 1.08. The molecular weight excluding hydrogens is 153 g/mol. The Hall–Kier alpha value is -1.26. The van der Waals surface area contributed by atoms with Crippen molar-refractivity contribution in [3.63, 3.8) is 0 Å². The summed E-state index contributed by atoms with van der Waals surface area (Å²) in [4.78, 5) is 0. The van der Waals surface area contributed by atoms with E-state index in [0.29, 0.717) is 0 Å². The summed E-state index contributed by atoms with van der Waals surface area (Å²) in [5, 5.41) is 0. The van der Waals surface area contributed by atoms with Gasteiger partial charge < -0.3 is 0 Å². The Labute approximate surface area is 62.1 Å². The van der Waals surface area contributed by atoms with Gasteiger partial charge in [-0.15, -0.1) is 0 Å². The van der Waals surface area contributed by atoms with Gasteiger partial charge in [0.15, 0.2) is 0 Å². The van der Waals surface area contributed by atoms with Crippen LogP contribution < -0.4 is 4.65 Å². The second kappa shape index (κ2) is 3.23. The zero-order chi connectivity index (χ0) is 8.27. The van der Waals surface area contributed by atoms with Crippen molar-refractivity contribution in [1.29, 1.82) is 0 Å². The summed E-state index contributed by atoms with van der Waals surface area (Å²) in [5.41, 5.74) is 0. The molecule has 5 heteroatoms. The first-order valence-corrected chi connectivity index (χ1v) is 2.79. The van der Waals surface area contributed by atoms with Crippen molar-refractivity contribution in [2.45, 2.75) is 0 Å². The third-order valence-corrected chi connectivity index (χ3v) is 1.08. The average molecular weight is 156 g/mol. The van der Waals surface area contributed by atoms with Gasteiger partial charge in [-0.05, 0) is 0 Å². The summed E-state index contributed by atoms with van der Waals surface area (Å²) in [6.45, 7) is 0. The minimum absolute atomic E-state index is 0.0149. The van der Waals surface area contributed by atoms with E-state index in [2.05, 4.69) is 4.65 Å². The van der Waals surface area contributed by atoms with E-state index in [9.17, 15) is 13.5 Å². The van der Waals surface area contributed by atoms with Crippen molar-refractivity contribution in [2.24, 2.45) is 0 Å². The van der Waals surface area contributed by atoms with Gasteiger partial charge in [-0.3, -0.25) is 0 Å². The third kappa shape index (κ3) is 1.83. The monoisotopic (exact) mass is 156 g/mol. The first kappa shape index (κ1) is 7.85. The van der Waals surface area contributed by atoms with E-state index in [4.69, 9.17) is 0 Å². The van der Waals surface area contributed by atoms with Crippen LogP contribution in [0.5, 0.6) is 5.75 Å². The molecule has 0 aliphatic carbocycles. The fraction of sp³-hybridized carbons (Fsp3) is 0. The van der Waals surface area contributed by atoms with E-state index in [-0.39, 0.29) is 13.1 Å². The molecule has 0 aromatic heterocycles. The van der Waals surface area contributed by atoms with Crippen LogP contribution in [-0.4, -0.2) is 7.35 Å². The Kier molecular flexibility index (Phi) is 2.30. The topological polar surface area (TPSA) is 26.3 Å². The summed E-state index contributed by atoms with van der Waals surface area (Å²) >= 11 is 0. The summed E-state index contributed by atoms with van der Waals surface area (Å²) in [6, 6.07) is 2.84. The van der Waals surface area contributed by atoms with Gasteiger partial charge in [-0.25, -0.2) is 0 Å². The van der Waals surface area contributed by atoms with Crippen LogP contribution in [0.1, 0.15) is 0 Å². The van der Waals surface area contributed by atoms with Crippen molar-refractivity contribution in [3.8, 4) is 5.75 Å². The van der Waals surface area contributed by atoms with Crippen molar-refractivity contribution in [1.82, 2.24) is 0 Å². The molecule has 0 saturated carbocycles. The van der Waals surface area contributed by atoms with Crippen LogP contribution in [0.4, 0.5) is 8.78 Å². The fourth-order valence-electron chi connectivity index (χ4n) is 0.606. The molecule has 0 saturated heterocycles. The van der Waals surface area contributed by atoms with E-state index < -0.39 is 11.6 Å². The molecule has 1 aromatic rings. The van der Waals surface area contributed by atoms with Crippen molar-refractivity contribution >= 4 is 7.35 Å². The molecule has 0 N–H and O–H groups in total. The number of benzene rings is 1. The van der Waals surface area contributed by atoms with Crippen molar-refractivity contribution < 1.29 is 18.1 Å². The molecule has 0 unspecified atom stereocenters. The summed E-state index contributed by atoms with van der Waals surface area (Å²) < 4.78 is 38.5. The van der Waals surface area contributed by atoms with Crippen LogP contribution >= 0.6 is 0 Å². The van der Waals surface area contributed by atoms with Gasteiger partial charge in [-0.2, -0.15) is 0 Å². The first-order valence-electron chi connectivity index (χ1n) is 2.79. The Bertz CT molecular complexity index is 277. The van der Waals surface area contributed by atoms with E-state index >= 15 is 0 Å². The normalized spacial score (nSPS) is 8.91. The van der Waals surface area contributed by atoms with E-state index in [1.165, 1.54) is 0 Å². The second-order valence-corrected chi connectivity index (χ2v) is 1.79. The van der Waals surface area contributed by atoms with Crippen molar-refractivity contribution in [2.75, 3.05) is 0 Å². The van der Waals surface area contributed by atoms with E-state index in [1.54, 1.807) is 0 Å². The molecule has 0 bridgehead atoms. The van der Waals surface area contributed by atoms with Crippen LogP contribution in [0.15, 0.2) is 18.2 Å². The minimum atomic E-state index is -1.04. The zero-order valence-corrected chi connectivity index (χ0v) is 5.38. The zero-order valence-electron chi connectivity index (χ0n) is 5.38. The molecule has 11 heavy (non-hydrogen) atoms.